The van der Waals surface area contributed by atoms with Crippen LogP contribution in [0.1, 0.15) is 44.9 Å². The lowest BCUT2D eigenvalue weighted by Crippen LogP contribution is -2.43. The zero-order valence-electron chi connectivity index (χ0n) is 26.7. The monoisotopic (exact) mass is 597 g/mol. The fraction of sp³-hybridized carbons (Fsp3) is 0.289. The Morgan fingerprint density at radius 2 is 1.43 bits per heavy atom. The Bertz CT molecular complexity index is 2100. The summed E-state index contributed by atoms with van der Waals surface area (Å²) >= 11 is 0. The number of hydrogen-bond donors (Lipinski definition) is 1. The summed E-state index contributed by atoms with van der Waals surface area (Å²) < 4.78 is 0. The van der Waals surface area contributed by atoms with E-state index in [0.29, 0.717) is 29.7 Å². The van der Waals surface area contributed by atoms with Crippen molar-refractivity contribution in [1.82, 2.24) is 5.32 Å². The van der Waals surface area contributed by atoms with E-state index in [1.807, 2.05) is 0 Å². The van der Waals surface area contributed by atoms with Gasteiger partial charge in [0.1, 0.15) is 0 Å². The number of hydrogen-bond acceptors (Lipinski definition) is 1. The summed E-state index contributed by atoms with van der Waals surface area (Å²) in [6.07, 6.45) is 39.6. The molecule has 9 rings (SSSR count). The van der Waals surface area contributed by atoms with Crippen LogP contribution in [0.4, 0.5) is 0 Å². The maximum atomic E-state index is 3.98. The second kappa shape index (κ2) is 11.9. The molecule has 228 valence electrons. The highest BCUT2D eigenvalue weighted by Gasteiger charge is 2.35. The fourth-order valence-corrected chi connectivity index (χ4v) is 9.38. The molecule has 0 bridgehead atoms. The van der Waals surface area contributed by atoms with Gasteiger partial charge in [-0.25, -0.2) is 0 Å². The zero-order chi connectivity index (χ0) is 30.5. The molecule has 2 aromatic rings. The van der Waals surface area contributed by atoms with Crippen LogP contribution in [0, 0.1) is 23.7 Å². The third-order valence-corrected chi connectivity index (χ3v) is 11.5. The van der Waals surface area contributed by atoms with Crippen LogP contribution in [0.2, 0.25) is 0 Å². The van der Waals surface area contributed by atoms with Crippen LogP contribution in [0.3, 0.4) is 0 Å². The van der Waals surface area contributed by atoms with Crippen molar-refractivity contribution in [2.75, 3.05) is 6.54 Å². The van der Waals surface area contributed by atoms with Crippen molar-refractivity contribution in [3.05, 3.63) is 165 Å². The Morgan fingerprint density at radius 3 is 2.28 bits per heavy atom. The lowest BCUT2D eigenvalue weighted by Gasteiger charge is -2.37. The highest BCUT2D eigenvalue weighted by molar-refractivity contribution is 5.94. The lowest BCUT2D eigenvalue weighted by molar-refractivity contribution is 0.423. The molecule has 5 unspecified atom stereocenters. The van der Waals surface area contributed by atoms with Crippen molar-refractivity contribution in [2.24, 2.45) is 23.7 Å². The van der Waals surface area contributed by atoms with Gasteiger partial charge < -0.3 is 5.32 Å². The van der Waals surface area contributed by atoms with Crippen LogP contribution in [0.15, 0.2) is 144 Å². The molecule has 1 N–H and O–H groups in total. The standard InChI is InChI=1S/C45H43N/c1-3-18-35-30(12-1)14-10-24-37(35)43-27-26-34(29-46-43)32-16-9-17-33(28-32)44-39-20-5-7-22-41(39)45(42-23-8-6-21-40(42)44)38-25-11-15-31-13-2-4-19-36(31)38/h2-8,10,13-16,18-23,26-28,34,37,39,41,43,46H,1,9,11-12,17,24-25,29H2. The molecule has 0 spiro atoms. The summed E-state index contributed by atoms with van der Waals surface area (Å²) in [6.45, 7) is 1.01. The number of fused-ring (bicyclic) bond motifs is 3. The number of nitrogens with one attached hydrogen (secondary N) is 1. The lowest BCUT2D eigenvalue weighted by atomic mass is 9.67. The van der Waals surface area contributed by atoms with Gasteiger partial charge in [0.05, 0.1) is 0 Å². The maximum Gasteiger partial charge on any atom is 0.0322 e. The summed E-state index contributed by atoms with van der Waals surface area (Å²) in [5.74, 6) is 1.70. The van der Waals surface area contributed by atoms with Gasteiger partial charge in [-0.05, 0) is 105 Å². The molecular weight excluding hydrogens is 555 g/mol. The fourth-order valence-electron chi connectivity index (χ4n) is 9.38. The van der Waals surface area contributed by atoms with Gasteiger partial charge in [0.15, 0.2) is 0 Å². The maximum absolute atomic E-state index is 3.98. The molecule has 7 aliphatic rings. The Hall–Kier alpha value is -4.20. The largest absolute Gasteiger partial charge is 0.309 e. The van der Waals surface area contributed by atoms with Gasteiger partial charge in [0, 0.05) is 36.3 Å². The van der Waals surface area contributed by atoms with E-state index in [1.165, 1.54) is 44.9 Å². The Balaban J connectivity index is 1.11. The molecule has 1 nitrogen and oxygen atoms in total. The highest BCUT2D eigenvalue weighted by Crippen LogP contribution is 2.44. The molecule has 0 saturated heterocycles. The minimum absolute atomic E-state index is 0.362. The SMILES string of the molecule is C1=CC2C(C3=CC(C4C=CC(C5CC=CC6=C5C=CCC6)NC4)=CCC3)=c3ccccc3=C(C3=c4ccccc4=CCC3)C2C=C1. The Morgan fingerprint density at radius 1 is 0.652 bits per heavy atom. The molecule has 0 saturated carbocycles. The first-order valence-electron chi connectivity index (χ1n) is 17.7. The molecular formula is C45H43N. The molecule has 2 aromatic carbocycles. The molecule has 46 heavy (non-hydrogen) atoms. The van der Waals surface area contributed by atoms with Crippen molar-refractivity contribution >= 4 is 22.8 Å². The third kappa shape index (κ3) is 4.79. The first kappa shape index (κ1) is 28.1. The normalized spacial score (nSPS) is 29.4. The van der Waals surface area contributed by atoms with Crippen LogP contribution in [0.25, 0.3) is 22.8 Å². The van der Waals surface area contributed by atoms with Crippen molar-refractivity contribution in [3.8, 4) is 0 Å². The molecule has 1 heterocycles. The topological polar surface area (TPSA) is 12.0 Å². The smallest absolute Gasteiger partial charge is 0.0322 e. The summed E-state index contributed by atoms with van der Waals surface area (Å²) in [7, 11) is 0. The minimum atomic E-state index is 0.362. The number of allylic oxidation sites excluding steroid dienone is 12. The van der Waals surface area contributed by atoms with Crippen LogP contribution < -0.4 is 26.2 Å². The predicted molar refractivity (Wildman–Crippen MR) is 193 cm³/mol. The van der Waals surface area contributed by atoms with Gasteiger partial charge in [0.25, 0.3) is 0 Å². The second-order valence-electron chi connectivity index (χ2n) is 14.0. The van der Waals surface area contributed by atoms with Crippen LogP contribution in [-0.4, -0.2) is 12.6 Å². The van der Waals surface area contributed by atoms with E-state index in [9.17, 15) is 0 Å². The number of benzene rings is 2. The average molecular weight is 598 g/mol. The van der Waals surface area contributed by atoms with Crippen LogP contribution >= 0.6 is 0 Å². The van der Waals surface area contributed by atoms with Crippen molar-refractivity contribution in [1.29, 1.82) is 0 Å². The van der Waals surface area contributed by atoms with Gasteiger partial charge in [0.2, 0.25) is 0 Å². The Labute approximate surface area is 273 Å². The first-order valence-corrected chi connectivity index (χ1v) is 17.7. The van der Waals surface area contributed by atoms with Gasteiger partial charge in [-0.3, -0.25) is 0 Å². The summed E-state index contributed by atoms with van der Waals surface area (Å²) in [5, 5.41) is 9.68. The van der Waals surface area contributed by atoms with Gasteiger partial charge in [-0.2, -0.15) is 0 Å². The van der Waals surface area contributed by atoms with Gasteiger partial charge >= 0.3 is 0 Å². The van der Waals surface area contributed by atoms with Crippen LogP contribution in [-0.2, 0) is 0 Å². The first-order chi connectivity index (χ1) is 22.8. The zero-order valence-corrected chi connectivity index (χ0v) is 26.7. The Kier molecular flexibility index (Phi) is 7.24. The second-order valence-corrected chi connectivity index (χ2v) is 14.0. The summed E-state index contributed by atoms with van der Waals surface area (Å²) in [4.78, 5) is 0. The predicted octanol–water partition coefficient (Wildman–Crippen LogP) is 6.80. The molecule has 0 fully saturated rings. The molecule has 0 aromatic heterocycles. The summed E-state index contributed by atoms with van der Waals surface area (Å²) in [6, 6.07) is 18.8. The molecule has 0 amide bonds. The molecule has 6 aliphatic carbocycles. The highest BCUT2D eigenvalue weighted by atomic mass is 14.9. The third-order valence-electron chi connectivity index (χ3n) is 11.5. The minimum Gasteiger partial charge on any atom is -0.309 e. The van der Waals surface area contributed by atoms with Crippen molar-refractivity contribution < 1.29 is 0 Å². The van der Waals surface area contributed by atoms with E-state index in [2.05, 4.69) is 133 Å². The van der Waals surface area contributed by atoms with E-state index < -0.39 is 0 Å². The molecule has 5 atom stereocenters. The van der Waals surface area contributed by atoms with Gasteiger partial charge in [-0.1, -0.05) is 128 Å². The number of rotatable bonds is 4. The van der Waals surface area contributed by atoms with E-state index in [0.717, 1.165) is 38.6 Å². The average Bonchev–Trinajstić information content (AvgIpc) is 3.13. The molecule has 0 radical (unpaired) electrons. The molecule has 1 heteroatoms. The van der Waals surface area contributed by atoms with Crippen molar-refractivity contribution in [3.63, 3.8) is 0 Å². The van der Waals surface area contributed by atoms with E-state index in [4.69, 9.17) is 0 Å². The van der Waals surface area contributed by atoms with E-state index >= 15 is 0 Å². The van der Waals surface area contributed by atoms with E-state index in [-0.39, 0.29) is 0 Å². The van der Waals surface area contributed by atoms with Crippen LogP contribution in [0.5, 0.6) is 0 Å². The van der Waals surface area contributed by atoms with Gasteiger partial charge in [-0.15, -0.1) is 0 Å². The van der Waals surface area contributed by atoms with Crippen molar-refractivity contribution in [2.45, 2.75) is 51.0 Å². The summed E-state index contributed by atoms with van der Waals surface area (Å²) in [5.41, 5.74) is 10.8. The van der Waals surface area contributed by atoms with E-state index in [1.54, 1.807) is 27.9 Å². The quantitative estimate of drug-likeness (QED) is 0.383. The molecule has 1 aliphatic heterocycles.